The third-order valence-corrected chi connectivity index (χ3v) is 5.62. The van der Waals surface area contributed by atoms with E-state index in [0.29, 0.717) is 5.41 Å². The Balaban J connectivity index is 1.60. The van der Waals surface area contributed by atoms with Crippen LogP contribution in [0.15, 0.2) is 0 Å². The number of nitrogens with two attached hydrogens (primary N) is 1. The summed E-state index contributed by atoms with van der Waals surface area (Å²) in [5.74, 6) is 3.76. The molecule has 1 atom stereocenters. The molecule has 4 fully saturated rings. The molecule has 1 heterocycles. The van der Waals surface area contributed by atoms with Gasteiger partial charge in [-0.1, -0.05) is 0 Å². The highest BCUT2D eigenvalue weighted by atomic mass is 15.5. The van der Waals surface area contributed by atoms with Crippen molar-refractivity contribution in [2.45, 2.75) is 58.0 Å². The molecule has 0 aromatic carbocycles. The maximum absolute atomic E-state index is 5.96. The van der Waals surface area contributed by atoms with Crippen molar-refractivity contribution >= 4 is 0 Å². The molecule has 1 unspecified atom stereocenters. The van der Waals surface area contributed by atoms with E-state index in [1.807, 2.05) is 11.6 Å². The van der Waals surface area contributed by atoms with Crippen LogP contribution in [0.25, 0.3) is 0 Å². The Hall–Kier alpha value is -0.970. The molecule has 1 aromatic rings. The smallest absolute Gasteiger partial charge is 0.167 e. The van der Waals surface area contributed by atoms with Crippen molar-refractivity contribution in [1.82, 2.24) is 20.2 Å². The molecule has 5 nitrogen and oxygen atoms in total. The first-order valence-corrected chi connectivity index (χ1v) is 7.65. The standard InChI is InChI=1S/C14H23N5/c1-9(15)13-16-17-18-19(13)8-14-5-10-2-11(6-14)4-12(3-10)7-14/h9-12H,2-8,15H2,1H3. The largest absolute Gasteiger partial charge is 0.322 e. The zero-order chi connectivity index (χ0) is 13.0. The number of aromatic nitrogens is 4. The van der Waals surface area contributed by atoms with Gasteiger partial charge in [0.05, 0.1) is 12.6 Å². The zero-order valence-corrected chi connectivity index (χ0v) is 11.6. The molecule has 0 spiro atoms. The SMILES string of the molecule is CC(N)c1nnnn1CC12CC3CC(CC(C3)C1)C2. The maximum atomic E-state index is 5.96. The number of nitrogens with zero attached hydrogens (tertiary/aromatic N) is 4. The second kappa shape index (κ2) is 4.01. The summed E-state index contributed by atoms with van der Waals surface area (Å²) in [5.41, 5.74) is 6.43. The molecule has 5 rings (SSSR count). The first kappa shape index (κ1) is 11.8. The summed E-state index contributed by atoms with van der Waals surface area (Å²) in [4.78, 5) is 0. The molecular weight excluding hydrogens is 238 g/mol. The third-order valence-electron chi connectivity index (χ3n) is 5.62. The van der Waals surface area contributed by atoms with Crippen molar-refractivity contribution < 1.29 is 0 Å². The molecule has 0 aliphatic heterocycles. The molecule has 0 saturated heterocycles. The van der Waals surface area contributed by atoms with Crippen LogP contribution in [0.2, 0.25) is 0 Å². The lowest BCUT2D eigenvalue weighted by Gasteiger charge is -2.56. The first-order chi connectivity index (χ1) is 9.13. The fourth-order valence-electron chi connectivity index (χ4n) is 5.45. The number of tetrazole rings is 1. The molecule has 0 radical (unpaired) electrons. The molecule has 4 saturated carbocycles. The van der Waals surface area contributed by atoms with Gasteiger partial charge >= 0.3 is 0 Å². The van der Waals surface area contributed by atoms with Crippen molar-refractivity contribution in [3.8, 4) is 0 Å². The van der Waals surface area contributed by atoms with Crippen molar-refractivity contribution in [2.24, 2.45) is 28.9 Å². The van der Waals surface area contributed by atoms with E-state index in [1.165, 1.54) is 38.5 Å². The lowest BCUT2D eigenvalue weighted by Crippen LogP contribution is -2.48. The molecule has 19 heavy (non-hydrogen) atoms. The van der Waals surface area contributed by atoms with Gasteiger partial charge in [0.2, 0.25) is 0 Å². The fraction of sp³-hybridized carbons (Fsp3) is 0.929. The van der Waals surface area contributed by atoms with Gasteiger partial charge in [-0.3, -0.25) is 0 Å². The van der Waals surface area contributed by atoms with Crippen LogP contribution in [0.5, 0.6) is 0 Å². The average molecular weight is 261 g/mol. The second-order valence-corrected chi connectivity index (χ2v) is 7.40. The molecule has 5 heteroatoms. The molecule has 104 valence electrons. The van der Waals surface area contributed by atoms with Crippen LogP contribution in [0.3, 0.4) is 0 Å². The van der Waals surface area contributed by atoms with Gasteiger partial charge in [0.1, 0.15) is 0 Å². The van der Waals surface area contributed by atoms with Crippen LogP contribution in [0, 0.1) is 23.2 Å². The van der Waals surface area contributed by atoms with E-state index in [0.717, 1.165) is 30.1 Å². The second-order valence-electron chi connectivity index (χ2n) is 7.40. The zero-order valence-electron chi connectivity index (χ0n) is 11.6. The summed E-state index contributed by atoms with van der Waals surface area (Å²) in [6.45, 7) is 2.95. The highest BCUT2D eigenvalue weighted by molar-refractivity contribution is 5.02. The Bertz CT molecular complexity index is 443. The summed E-state index contributed by atoms with van der Waals surface area (Å²) in [5, 5.41) is 12.1. The summed E-state index contributed by atoms with van der Waals surface area (Å²) in [6.07, 6.45) is 8.60. The summed E-state index contributed by atoms with van der Waals surface area (Å²) in [6, 6.07) is -0.0797. The van der Waals surface area contributed by atoms with E-state index in [-0.39, 0.29) is 6.04 Å². The minimum absolute atomic E-state index is 0.0797. The van der Waals surface area contributed by atoms with E-state index in [2.05, 4.69) is 15.5 Å². The average Bonchev–Trinajstić information content (AvgIpc) is 2.74. The van der Waals surface area contributed by atoms with Crippen LogP contribution in [0.4, 0.5) is 0 Å². The van der Waals surface area contributed by atoms with Gasteiger partial charge in [-0.05, 0) is 79.0 Å². The fourth-order valence-corrected chi connectivity index (χ4v) is 5.45. The first-order valence-electron chi connectivity index (χ1n) is 7.65. The normalized spacial score (nSPS) is 41.7. The van der Waals surface area contributed by atoms with E-state index in [9.17, 15) is 0 Å². The minimum Gasteiger partial charge on any atom is -0.322 e. The predicted octanol–water partition coefficient (Wildman–Crippen LogP) is 1.91. The van der Waals surface area contributed by atoms with Gasteiger partial charge < -0.3 is 5.73 Å². The van der Waals surface area contributed by atoms with Crippen LogP contribution in [-0.4, -0.2) is 20.2 Å². The van der Waals surface area contributed by atoms with Crippen molar-refractivity contribution in [3.63, 3.8) is 0 Å². The van der Waals surface area contributed by atoms with Crippen molar-refractivity contribution in [3.05, 3.63) is 5.82 Å². The minimum atomic E-state index is -0.0797. The molecule has 0 amide bonds. The summed E-state index contributed by atoms with van der Waals surface area (Å²) < 4.78 is 1.98. The Morgan fingerprint density at radius 3 is 2.32 bits per heavy atom. The van der Waals surface area contributed by atoms with Crippen molar-refractivity contribution in [1.29, 1.82) is 0 Å². The molecule has 4 aliphatic rings. The molecule has 2 N–H and O–H groups in total. The number of hydrogen-bond acceptors (Lipinski definition) is 4. The van der Waals surface area contributed by atoms with Gasteiger partial charge in [-0.25, -0.2) is 4.68 Å². The summed E-state index contributed by atoms with van der Waals surface area (Å²) in [7, 11) is 0. The van der Waals surface area contributed by atoms with Gasteiger partial charge in [0, 0.05) is 0 Å². The summed E-state index contributed by atoms with van der Waals surface area (Å²) >= 11 is 0. The van der Waals surface area contributed by atoms with Gasteiger partial charge in [-0.2, -0.15) is 0 Å². The monoisotopic (exact) mass is 261 g/mol. The Labute approximate surface area is 113 Å². The van der Waals surface area contributed by atoms with Crippen LogP contribution in [0.1, 0.15) is 57.3 Å². The quantitative estimate of drug-likeness (QED) is 0.902. The van der Waals surface area contributed by atoms with E-state index >= 15 is 0 Å². The predicted molar refractivity (Wildman–Crippen MR) is 71.0 cm³/mol. The number of hydrogen-bond donors (Lipinski definition) is 1. The highest BCUT2D eigenvalue weighted by Crippen LogP contribution is 2.60. The van der Waals surface area contributed by atoms with Gasteiger partial charge in [-0.15, -0.1) is 5.10 Å². The van der Waals surface area contributed by atoms with Crippen LogP contribution < -0.4 is 5.73 Å². The van der Waals surface area contributed by atoms with E-state index in [1.54, 1.807) is 0 Å². The van der Waals surface area contributed by atoms with E-state index < -0.39 is 0 Å². The van der Waals surface area contributed by atoms with Crippen LogP contribution >= 0.6 is 0 Å². The molecule has 1 aromatic heterocycles. The maximum Gasteiger partial charge on any atom is 0.167 e. The van der Waals surface area contributed by atoms with Gasteiger partial charge in [0.25, 0.3) is 0 Å². The molecular formula is C14H23N5. The van der Waals surface area contributed by atoms with E-state index in [4.69, 9.17) is 5.73 Å². The lowest BCUT2D eigenvalue weighted by atomic mass is 9.49. The third kappa shape index (κ3) is 1.90. The lowest BCUT2D eigenvalue weighted by molar-refractivity contribution is -0.0642. The van der Waals surface area contributed by atoms with Crippen LogP contribution in [-0.2, 0) is 6.54 Å². The van der Waals surface area contributed by atoms with Crippen molar-refractivity contribution in [2.75, 3.05) is 0 Å². The Kier molecular flexibility index (Phi) is 2.50. The molecule has 4 bridgehead atoms. The Morgan fingerprint density at radius 1 is 1.21 bits per heavy atom. The highest BCUT2D eigenvalue weighted by Gasteiger charge is 2.51. The topological polar surface area (TPSA) is 69.6 Å². The molecule has 4 aliphatic carbocycles. The van der Waals surface area contributed by atoms with Gasteiger partial charge in [0.15, 0.2) is 5.82 Å². The Morgan fingerprint density at radius 2 is 1.79 bits per heavy atom. The number of rotatable bonds is 3.